The molecule has 2 aromatic rings. The molecule has 0 amide bonds. The lowest BCUT2D eigenvalue weighted by Crippen LogP contribution is -2.11. The molecule has 0 bridgehead atoms. The zero-order chi connectivity index (χ0) is 15.4. The second kappa shape index (κ2) is 6.63. The maximum Gasteiger partial charge on any atom is 0.341 e. The van der Waals surface area contributed by atoms with Crippen LogP contribution in [0, 0.1) is 13.8 Å². The Hall–Kier alpha value is -2.01. The van der Waals surface area contributed by atoms with E-state index in [1.165, 1.54) is 6.20 Å². The Kier molecular flexibility index (Phi) is 4.85. The molecule has 5 nitrogen and oxygen atoms in total. The fraction of sp³-hybridized carbons (Fsp3) is 0.333. The molecular formula is C15H16ClN3O2. The summed E-state index contributed by atoms with van der Waals surface area (Å²) < 4.78 is 4.96. The van der Waals surface area contributed by atoms with Gasteiger partial charge in [-0.2, -0.15) is 0 Å². The first-order chi connectivity index (χ1) is 10.1. The molecule has 0 fully saturated rings. The van der Waals surface area contributed by atoms with Crippen LogP contribution in [-0.2, 0) is 10.6 Å². The summed E-state index contributed by atoms with van der Waals surface area (Å²) in [4.78, 5) is 24.7. The first kappa shape index (κ1) is 15.4. The standard InChI is InChI=1S/C15H16ClN3O2/c1-4-21-15(20)11-8-18-14(19-12(11)6-16)13-10(3)5-9(2)7-17-13/h5,7-8H,4,6H2,1-3H3. The van der Waals surface area contributed by atoms with Crippen LogP contribution in [0.2, 0.25) is 0 Å². The summed E-state index contributed by atoms with van der Waals surface area (Å²) in [5.41, 5.74) is 3.46. The van der Waals surface area contributed by atoms with Gasteiger partial charge in [0.15, 0.2) is 5.82 Å². The Morgan fingerprint density at radius 1 is 1.29 bits per heavy atom. The van der Waals surface area contributed by atoms with Crippen molar-refractivity contribution in [2.75, 3.05) is 6.61 Å². The third-order valence-corrected chi connectivity index (χ3v) is 3.17. The van der Waals surface area contributed by atoms with Gasteiger partial charge in [0.25, 0.3) is 0 Å². The molecule has 2 heterocycles. The minimum Gasteiger partial charge on any atom is -0.462 e. The van der Waals surface area contributed by atoms with E-state index in [2.05, 4.69) is 15.0 Å². The molecule has 0 aromatic carbocycles. The summed E-state index contributed by atoms with van der Waals surface area (Å²) in [5.74, 6) is 0.0960. The molecule has 0 unspecified atom stereocenters. The van der Waals surface area contributed by atoms with Crippen LogP contribution in [0.3, 0.4) is 0 Å². The van der Waals surface area contributed by atoms with E-state index in [1.807, 2.05) is 19.9 Å². The Morgan fingerprint density at radius 3 is 2.67 bits per heavy atom. The maximum absolute atomic E-state index is 11.8. The number of aryl methyl sites for hydroxylation is 2. The van der Waals surface area contributed by atoms with Crippen molar-refractivity contribution in [1.29, 1.82) is 0 Å². The van der Waals surface area contributed by atoms with Crippen molar-refractivity contribution in [2.45, 2.75) is 26.7 Å². The van der Waals surface area contributed by atoms with Gasteiger partial charge >= 0.3 is 5.97 Å². The molecule has 0 saturated heterocycles. The van der Waals surface area contributed by atoms with E-state index in [0.717, 1.165) is 11.1 Å². The third kappa shape index (κ3) is 3.36. The van der Waals surface area contributed by atoms with Crippen LogP contribution in [-0.4, -0.2) is 27.5 Å². The third-order valence-electron chi connectivity index (χ3n) is 2.92. The Labute approximate surface area is 128 Å². The average Bonchev–Trinajstić information content (AvgIpc) is 2.47. The van der Waals surface area contributed by atoms with Crippen molar-refractivity contribution >= 4 is 17.6 Å². The van der Waals surface area contributed by atoms with Crippen molar-refractivity contribution in [3.05, 3.63) is 40.8 Å². The summed E-state index contributed by atoms with van der Waals surface area (Å²) in [6, 6.07) is 2.01. The van der Waals surface area contributed by atoms with Gasteiger partial charge in [-0.15, -0.1) is 11.6 Å². The summed E-state index contributed by atoms with van der Waals surface area (Å²) >= 11 is 5.88. The number of carbonyl (C=O) groups is 1. The van der Waals surface area contributed by atoms with E-state index in [4.69, 9.17) is 16.3 Å². The van der Waals surface area contributed by atoms with Gasteiger partial charge in [-0.1, -0.05) is 6.07 Å². The van der Waals surface area contributed by atoms with Gasteiger partial charge in [-0.25, -0.2) is 14.8 Å². The zero-order valence-corrected chi connectivity index (χ0v) is 12.9. The highest BCUT2D eigenvalue weighted by molar-refractivity contribution is 6.17. The largest absolute Gasteiger partial charge is 0.462 e. The number of nitrogens with zero attached hydrogens (tertiary/aromatic N) is 3. The Bertz CT molecular complexity index is 674. The number of pyridine rings is 1. The smallest absolute Gasteiger partial charge is 0.341 e. The van der Waals surface area contributed by atoms with Crippen molar-refractivity contribution in [2.24, 2.45) is 0 Å². The van der Waals surface area contributed by atoms with Gasteiger partial charge in [-0.3, -0.25) is 4.98 Å². The lowest BCUT2D eigenvalue weighted by molar-refractivity contribution is 0.0524. The summed E-state index contributed by atoms with van der Waals surface area (Å²) in [5, 5.41) is 0. The first-order valence-corrected chi connectivity index (χ1v) is 7.12. The van der Waals surface area contributed by atoms with E-state index in [1.54, 1.807) is 13.1 Å². The molecular weight excluding hydrogens is 290 g/mol. The van der Waals surface area contributed by atoms with Crippen LogP contribution in [0.5, 0.6) is 0 Å². The second-order valence-electron chi connectivity index (χ2n) is 4.59. The summed E-state index contributed by atoms with van der Waals surface area (Å²) in [6.45, 7) is 5.95. The van der Waals surface area contributed by atoms with Crippen molar-refractivity contribution in [3.8, 4) is 11.5 Å². The predicted molar refractivity (Wildman–Crippen MR) is 80.3 cm³/mol. The number of alkyl halides is 1. The van der Waals surface area contributed by atoms with Crippen LogP contribution in [0.4, 0.5) is 0 Å². The molecule has 2 rings (SSSR count). The molecule has 0 saturated carbocycles. The molecule has 0 N–H and O–H groups in total. The van der Waals surface area contributed by atoms with Crippen LogP contribution < -0.4 is 0 Å². The highest BCUT2D eigenvalue weighted by atomic mass is 35.5. The number of rotatable bonds is 4. The highest BCUT2D eigenvalue weighted by Gasteiger charge is 2.17. The van der Waals surface area contributed by atoms with Gasteiger partial charge in [0.2, 0.25) is 0 Å². The van der Waals surface area contributed by atoms with Gasteiger partial charge in [0.1, 0.15) is 11.3 Å². The first-order valence-electron chi connectivity index (χ1n) is 6.59. The Morgan fingerprint density at radius 2 is 2.05 bits per heavy atom. The van der Waals surface area contributed by atoms with Crippen LogP contribution in [0.1, 0.15) is 34.1 Å². The van der Waals surface area contributed by atoms with E-state index in [0.29, 0.717) is 29.4 Å². The monoisotopic (exact) mass is 305 g/mol. The van der Waals surface area contributed by atoms with Gasteiger partial charge in [0.05, 0.1) is 18.2 Å². The van der Waals surface area contributed by atoms with Crippen LogP contribution >= 0.6 is 11.6 Å². The van der Waals surface area contributed by atoms with Gasteiger partial charge in [-0.05, 0) is 31.9 Å². The van der Waals surface area contributed by atoms with E-state index in [9.17, 15) is 4.79 Å². The SMILES string of the molecule is CCOC(=O)c1cnc(-c2ncc(C)cc2C)nc1CCl. The van der Waals surface area contributed by atoms with Crippen molar-refractivity contribution in [1.82, 2.24) is 15.0 Å². The number of carbonyl (C=O) groups excluding carboxylic acids is 1. The molecule has 2 aromatic heterocycles. The zero-order valence-electron chi connectivity index (χ0n) is 12.2. The molecule has 110 valence electrons. The van der Waals surface area contributed by atoms with E-state index in [-0.39, 0.29) is 5.88 Å². The second-order valence-corrected chi connectivity index (χ2v) is 4.85. The lowest BCUT2D eigenvalue weighted by Gasteiger charge is -2.09. The van der Waals surface area contributed by atoms with Gasteiger partial charge < -0.3 is 4.74 Å². The quantitative estimate of drug-likeness (QED) is 0.641. The molecule has 0 spiro atoms. The summed E-state index contributed by atoms with van der Waals surface area (Å²) in [6.07, 6.45) is 3.20. The summed E-state index contributed by atoms with van der Waals surface area (Å²) in [7, 11) is 0. The number of hydrogen-bond donors (Lipinski definition) is 0. The molecule has 6 heteroatoms. The van der Waals surface area contributed by atoms with E-state index >= 15 is 0 Å². The molecule has 0 radical (unpaired) electrons. The minimum atomic E-state index is -0.465. The number of halogens is 1. The van der Waals surface area contributed by atoms with Crippen LogP contribution in [0.25, 0.3) is 11.5 Å². The highest BCUT2D eigenvalue weighted by Crippen LogP contribution is 2.20. The van der Waals surface area contributed by atoms with Gasteiger partial charge in [0, 0.05) is 12.4 Å². The molecule has 0 aliphatic rings. The van der Waals surface area contributed by atoms with Crippen molar-refractivity contribution in [3.63, 3.8) is 0 Å². The minimum absolute atomic E-state index is 0.106. The predicted octanol–water partition coefficient (Wildman–Crippen LogP) is 3.07. The van der Waals surface area contributed by atoms with Crippen LogP contribution in [0.15, 0.2) is 18.5 Å². The topological polar surface area (TPSA) is 65.0 Å². The molecule has 0 atom stereocenters. The normalized spacial score (nSPS) is 10.5. The van der Waals surface area contributed by atoms with E-state index < -0.39 is 5.97 Å². The number of aromatic nitrogens is 3. The number of esters is 1. The molecule has 21 heavy (non-hydrogen) atoms. The fourth-order valence-electron chi connectivity index (χ4n) is 1.96. The number of ether oxygens (including phenoxy) is 1. The molecule has 0 aliphatic heterocycles. The number of hydrogen-bond acceptors (Lipinski definition) is 5. The van der Waals surface area contributed by atoms with Crippen molar-refractivity contribution < 1.29 is 9.53 Å². The molecule has 0 aliphatic carbocycles. The fourth-order valence-corrected chi connectivity index (χ4v) is 2.17. The lowest BCUT2D eigenvalue weighted by atomic mass is 10.1. The Balaban J connectivity index is 2.45. The maximum atomic E-state index is 11.8. The average molecular weight is 306 g/mol.